The molecule has 0 spiro atoms. The van der Waals surface area contributed by atoms with E-state index in [2.05, 4.69) is 17.6 Å². The maximum Gasteiger partial charge on any atom is 0.319 e. The number of hydrogen-bond donors (Lipinski definition) is 2. The van der Waals surface area contributed by atoms with Crippen LogP contribution in [-0.4, -0.2) is 12.1 Å². The third kappa shape index (κ3) is 4.49. The molecule has 1 aliphatic rings. The van der Waals surface area contributed by atoms with Crippen LogP contribution in [0.2, 0.25) is 0 Å². The van der Waals surface area contributed by atoms with Crippen LogP contribution in [0.15, 0.2) is 35.6 Å². The van der Waals surface area contributed by atoms with Crippen molar-refractivity contribution >= 4 is 6.03 Å². The van der Waals surface area contributed by atoms with Crippen LogP contribution in [0, 0.1) is 0 Å². The summed E-state index contributed by atoms with van der Waals surface area (Å²) in [6.07, 6.45) is 8.84. The standard InChI is InChI=1S/C12H18N2O/c1-9(2)13-12(15)14-11-6-4-5-10(3)7-8-11/h4,6-9H,5H2,1-3H3,(H2,13,14,15). The van der Waals surface area contributed by atoms with Crippen molar-refractivity contribution in [2.75, 3.05) is 0 Å². The summed E-state index contributed by atoms with van der Waals surface area (Å²) >= 11 is 0. The van der Waals surface area contributed by atoms with Crippen LogP contribution >= 0.6 is 0 Å². The molecule has 15 heavy (non-hydrogen) atoms. The van der Waals surface area contributed by atoms with Crippen LogP contribution in [0.1, 0.15) is 27.2 Å². The number of carbonyl (C=O) groups is 1. The highest BCUT2D eigenvalue weighted by Gasteiger charge is 2.03. The molecule has 0 aromatic heterocycles. The molecule has 0 bridgehead atoms. The van der Waals surface area contributed by atoms with E-state index >= 15 is 0 Å². The first-order chi connectivity index (χ1) is 7.08. The van der Waals surface area contributed by atoms with Crippen molar-refractivity contribution < 1.29 is 4.79 Å². The second kappa shape index (κ2) is 5.39. The minimum atomic E-state index is -0.158. The fourth-order valence-corrected chi connectivity index (χ4v) is 1.24. The molecule has 3 nitrogen and oxygen atoms in total. The Morgan fingerprint density at radius 3 is 2.80 bits per heavy atom. The average Bonchev–Trinajstić information content (AvgIpc) is 2.29. The smallest absolute Gasteiger partial charge is 0.319 e. The molecule has 0 heterocycles. The maximum atomic E-state index is 11.4. The van der Waals surface area contributed by atoms with E-state index in [1.54, 1.807) is 0 Å². The molecule has 0 radical (unpaired) electrons. The molecular formula is C12H18N2O. The van der Waals surface area contributed by atoms with Crippen molar-refractivity contribution in [3.63, 3.8) is 0 Å². The molecule has 2 amide bonds. The fourth-order valence-electron chi connectivity index (χ4n) is 1.24. The number of rotatable bonds is 2. The number of carbonyl (C=O) groups excluding carboxylic acids is 1. The SMILES string of the molecule is CC1=CC=C(NC(=O)NC(C)C)C=CC1. The van der Waals surface area contributed by atoms with Gasteiger partial charge in [0, 0.05) is 11.7 Å². The molecule has 82 valence electrons. The molecule has 3 heteroatoms. The number of amides is 2. The van der Waals surface area contributed by atoms with Gasteiger partial charge >= 0.3 is 6.03 Å². The Labute approximate surface area is 90.9 Å². The van der Waals surface area contributed by atoms with Gasteiger partial charge in [0.25, 0.3) is 0 Å². The number of allylic oxidation sites excluding steroid dienone is 5. The molecule has 0 aromatic rings. The summed E-state index contributed by atoms with van der Waals surface area (Å²) in [6.45, 7) is 5.93. The Kier molecular flexibility index (Phi) is 4.16. The zero-order chi connectivity index (χ0) is 11.3. The summed E-state index contributed by atoms with van der Waals surface area (Å²) in [5, 5.41) is 5.57. The molecule has 0 atom stereocenters. The highest BCUT2D eigenvalue weighted by atomic mass is 16.2. The van der Waals surface area contributed by atoms with Crippen LogP contribution < -0.4 is 10.6 Å². The highest BCUT2D eigenvalue weighted by molar-refractivity contribution is 5.76. The van der Waals surface area contributed by atoms with Crippen LogP contribution in [-0.2, 0) is 0 Å². The summed E-state index contributed by atoms with van der Waals surface area (Å²) in [5.74, 6) is 0. The van der Waals surface area contributed by atoms with E-state index in [4.69, 9.17) is 0 Å². The van der Waals surface area contributed by atoms with E-state index in [-0.39, 0.29) is 12.1 Å². The normalized spacial score (nSPS) is 15.5. The quantitative estimate of drug-likeness (QED) is 0.716. The lowest BCUT2D eigenvalue weighted by Gasteiger charge is -2.09. The van der Waals surface area contributed by atoms with Crippen molar-refractivity contribution in [3.05, 3.63) is 35.6 Å². The Bertz CT molecular complexity index is 325. The molecule has 1 rings (SSSR count). The molecule has 0 aliphatic heterocycles. The van der Waals surface area contributed by atoms with E-state index in [0.29, 0.717) is 0 Å². The van der Waals surface area contributed by atoms with E-state index in [9.17, 15) is 4.79 Å². The first-order valence-corrected chi connectivity index (χ1v) is 5.19. The summed E-state index contributed by atoms with van der Waals surface area (Å²) in [7, 11) is 0. The van der Waals surface area contributed by atoms with Crippen molar-refractivity contribution in [2.24, 2.45) is 0 Å². The van der Waals surface area contributed by atoms with Crippen molar-refractivity contribution in [2.45, 2.75) is 33.2 Å². The van der Waals surface area contributed by atoms with Gasteiger partial charge in [0.05, 0.1) is 0 Å². The molecule has 0 unspecified atom stereocenters. The molecular weight excluding hydrogens is 188 g/mol. The minimum Gasteiger partial charge on any atom is -0.336 e. The summed E-state index contributed by atoms with van der Waals surface area (Å²) < 4.78 is 0. The maximum absolute atomic E-state index is 11.4. The van der Waals surface area contributed by atoms with E-state index in [1.807, 2.05) is 38.2 Å². The molecule has 0 fully saturated rings. The van der Waals surface area contributed by atoms with Crippen molar-refractivity contribution in [3.8, 4) is 0 Å². The second-order valence-electron chi connectivity index (χ2n) is 3.99. The van der Waals surface area contributed by atoms with Crippen LogP contribution in [0.25, 0.3) is 0 Å². The first kappa shape index (κ1) is 11.6. The van der Waals surface area contributed by atoms with Gasteiger partial charge < -0.3 is 10.6 Å². The number of hydrogen-bond acceptors (Lipinski definition) is 1. The summed E-state index contributed by atoms with van der Waals surface area (Å²) in [6, 6.07) is -0.00788. The van der Waals surface area contributed by atoms with E-state index < -0.39 is 0 Å². The van der Waals surface area contributed by atoms with E-state index in [1.165, 1.54) is 5.57 Å². The lowest BCUT2D eigenvalue weighted by atomic mass is 10.2. The van der Waals surface area contributed by atoms with Crippen LogP contribution in [0.3, 0.4) is 0 Å². The van der Waals surface area contributed by atoms with Gasteiger partial charge in [-0.25, -0.2) is 4.79 Å². The third-order valence-electron chi connectivity index (χ3n) is 1.96. The van der Waals surface area contributed by atoms with Gasteiger partial charge in [0.2, 0.25) is 0 Å². The number of nitrogens with one attached hydrogen (secondary N) is 2. The molecule has 0 saturated heterocycles. The monoisotopic (exact) mass is 206 g/mol. The Hall–Kier alpha value is -1.51. The molecule has 0 saturated carbocycles. The highest BCUT2D eigenvalue weighted by Crippen LogP contribution is 2.08. The summed E-state index contributed by atoms with van der Waals surface area (Å²) in [5.41, 5.74) is 2.11. The van der Waals surface area contributed by atoms with E-state index in [0.717, 1.165) is 12.1 Å². The van der Waals surface area contributed by atoms with Crippen molar-refractivity contribution in [1.82, 2.24) is 10.6 Å². The topological polar surface area (TPSA) is 41.1 Å². The lowest BCUT2D eigenvalue weighted by Crippen LogP contribution is -2.38. The predicted molar refractivity (Wildman–Crippen MR) is 62.4 cm³/mol. The molecule has 0 aromatic carbocycles. The average molecular weight is 206 g/mol. The van der Waals surface area contributed by atoms with Gasteiger partial charge in [-0.3, -0.25) is 0 Å². The molecule has 1 aliphatic carbocycles. The lowest BCUT2D eigenvalue weighted by molar-refractivity contribution is 0.241. The fraction of sp³-hybridized carbons (Fsp3) is 0.417. The Morgan fingerprint density at radius 1 is 1.40 bits per heavy atom. The van der Waals surface area contributed by atoms with Crippen molar-refractivity contribution in [1.29, 1.82) is 0 Å². The second-order valence-corrected chi connectivity index (χ2v) is 3.99. The number of urea groups is 1. The zero-order valence-electron chi connectivity index (χ0n) is 9.50. The van der Waals surface area contributed by atoms with Gasteiger partial charge in [0.15, 0.2) is 0 Å². The summed E-state index contributed by atoms with van der Waals surface area (Å²) in [4.78, 5) is 11.4. The van der Waals surface area contributed by atoms with Crippen LogP contribution in [0.5, 0.6) is 0 Å². The van der Waals surface area contributed by atoms with Gasteiger partial charge in [-0.15, -0.1) is 0 Å². The molecule has 2 N–H and O–H groups in total. The van der Waals surface area contributed by atoms with Gasteiger partial charge in [-0.2, -0.15) is 0 Å². The van der Waals surface area contributed by atoms with Gasteiger partial charge in [-0.1, -0.05) is 17.7 Å². The third-order valence-corrected chi connectivity index (χ3v) is 1.96. The Morgan fingerprint density at radius 2 is 2.13 bits per heavy atom. The largest absolute Gasteiger partial charge is 0.336 e. The zero-order valence-corrected chi connectivity index (χ0v) is 9.50. The predicted octanol–water partition coefficient (Wildman–Crippen LogP) is 2.48. The Balaban J connectivity index is 2.55. The minimum absolute atomic E-state index is 0.151. The van der Waals surface area contributed by atoms with Gasteiger partial charge in [-0.05, 0) is 39.3 Å². The first-order valence-electron chi connectivity index (χ1n) is 5.19. The van der Waals surface area contributed by atoms with Gasteiger partial charge in [0.1, 0.15) is 0 Å². The van der Waals surface area contributed by atoms with Crippen LogP contribution in [0.4, 0.5) is 4.79 Å².